The van der Waals surface area contributed by atoms with Gasteiger partial charge in [0, 0.05) is 35.6 Å². The summed E-state index contributed by atoms with van der Waals surface area (Å²) in [6.07, 6.45) is 2.17. The third-order valence-electron chi connectivity index (χ3n) is 5.93. The van der Waals surface area contributed by atoms with Gasteiger partial charge in [-0.25, -0.2) is 8.42 Å². The van der Waals surface area contributed by atoms with Crippen LogP contribution < -0.4 is 5.32 Å². The molecular formula is C26H26ClN3O4S2. The lowest BCUT2D eigenvalue weighted by Crippen LogP contribution is -2.46. The Balaban J connectivity index is 1.61. The molecule has 1 N–H and O–H groups in total. The number of hydrogen-bond donors (Lipinski definition) is 1. The molecule has 2 aromatic carbocycles. The van der Waals surface area contributed by atoms with Crippen LogP contribution in [0.15, 0.2) is 77.5 Å². The molecule has 1 atom stereocenters. The topological polar surface area (TPSA) is 86.8 Å². The number of halogens is 1. The number of rotatable bonds is 8. The number of nitrogens with one attached hydrogen (secondary N) is 1. The van der Waals surface area contributed by atoms with Gasteiger partial charge in [0.1, 0.15) is 0 Å². The Hall–Kier alpha value is -2.98. The lowest BCUT2D eigenvalue weighted by atomic mass is 9.93. The van der Waals surface area contributed by atoms with E-state index in [-0.39, 0.29) is 35.8 Å². The second-order valence-corrected chi connectivity index (χ2v) is 11.8. The monoisotopic (exact) mass is 543 g/mol. The van der Waals surface area contributed by atoms with Gasteiger partial charge in [0.05, 0.1) is 17.5 Å². The number of anilines is 1. The second kappa shape index (κ2) is 11.0. The maximum absolute atomic E-state index is 13.6. The average molecular weight is 544 g/mol. The maximum Gasteiger partial charge on any atom is 0.243 e. The molecule has 0 radical (unpaired) electrons. The molecule has 2 heterocycles. The largest absolute Gasteiger partial charge is 0.330 e. The van der Waals surface area contributed by atoms with E-state index in [1.54, 1.807) is 28.4 Å². The predicted molar refractivity (Wildman–Crippen MR) is 143 cm³/mol. The van der Waals surface area contributed by atoms with Crippen LogP contribution in [0, 0.1) is 0 Å². The standard InChI is InChI=1S/C26H26ClN3O4S2/c1-3-14-29(36(33,34)22-10-8-21(9-11-22)28-18(2)31)17-25(32)30-15-12-24-23(13-16-35-24)26(30)19-4-6-20(27)7-5-19/h3-11,13,16,26H,1,12,14-15,17H2,2H3,(H,28,31). The Labute approximate surface area is 220 Å². The highest BCUT2D eigenvalue weighted by Crippen LogP contribution is 2.38. The van der Waals surface area contributed by atoms with Crippen molar-refractivity contribution >= 4 is 50.5 Å². The minimum absolute atomic E-state index is 0.0231. The van der Waals surface area contributed by atoms with Gasteiger partial charge in [-0.1, -0.05) is 29.8 Å². The molecule has 0 fully saturated rings. The molecule has 1 unspecified atom stereocenters. The van der Waals surface area contributed by atoms with Crippen LogP contribution in [0.2, 0.25) is 5.02 Å². The molecule has 0 aliphatic carbocycles. The molecule has 7 nitrogen and oxygen atoms in total. The summed E-state index contributed by atoms with van der Waals surface area (Å²) >= 11 is 7.75. The zero-order chi connectivity index (χ0) is 25.9. The summed E-state index contributed by atoms with van der Waals surface area (Å²) in [5, 5.41) is 5.23. The first-order valence-electron chi connectivity index (χ1n) is 11.3. The van der Waals surface area contributed by atoms with E-state index in [0.717, 1.165) is 15.4 Å². The number of sulfonamides is 1. The number of amides is 2. The summed E-state index contributed by atoms with van der Waals surface area (Å²) in [6, 6.07) is 14.9. The van der Waals surface area contributed by atoms with Gasteiger partial charge in [-0.15, -0.1) is 17.9 Å². The zero-order valence-electron chi connectivity index (χ0n) is 19.7. The van der Waals surface area contributed by atoms with Gasteiger partial charge in [-0.2, -0.15) is 4.31 Å². The Kier molecular flexibility index (Phi) is 7.94. The van der Waals surface area contributed by atoms with E-state index < -0.39 is 10.0 Å². The van der Waals surface area contributed by atoms with Crippen molar-refractivity contribution in [2.24, 2.45) is 0 Å². The first-order chi connectivity index (χ1) is 17.2. The van der Waals surface area contributed by atoms with Crippen molar-refractivity contribution in [3.05, 3.63) is 93.7 Å². The van der Waals surface area contributed by atoms with E-state index in [1.807, 2.05) is 23.6 Å². The number of thiophene rings is 1. The van der Waals surface area contributed by atoms with E-state index in [1.165, 1.54) is 42.1 Å². The van der Waals surface area contributed by atoms with E-state index >= 15 is 0 Å². The fourth-order valence-electron chi connectivity index (χ4n) is 4.29. The molecule has 1 aliphatic heterocycles. The first-order valence-corrected chi connectivity index (χ1v) is 14.0. The van der Waals surface area contributed by atoms with Crippen molar-refractivity contribution in [3.8, 4) is 0 Å². The van der Waals surface area contributed by atoms with Crippen molar-refractivity contribution in [1.82, 2.24) is 9.21 Å². The van der Waals surface area contributed by atoms with E-state index in [2.05, 4.69) is 11.9 Å². The minimum atomic E-state index is -3.99. The Morgan fingerprint density at radius 2 is 1.86 bits per heavy atom. The number of hydrogen-bond acceptors (Lipinski definition) is 5. The number of carbonyl (C=O) groups is 2. The molecule has 1 aromatic heterocycles. The third-order valence-corrected chi connectivity index (χ3v) is 9.00. The number of nitrogens with zero attached hydrogens (tertiary/aromatic N) is 2. The van der Waals surface area contributed by atoms with Crippen LogP contribution in [0.3, 0.4) is 0 Å². The summed E-state index contributed by atoms with van der Waals surface area (Å²) in [6.45, 7) is 5.18. The number of carbonyl (C=O) groups excluding carboxylic acids is 2. The summed E-state index contributed by atoms with van der Waals surface area (Å²) < 4.78 is 28.0. The van der Waals surface area contributed by atoms with Crippen LogP contribution in [0.5, 0.6) is 0 Å². The van der Waals surface area contributed by atoms with Crippen molar-refractivity contribution in [2.75, 3.05) is 25.0 Å². The average Bonchev–Trinajstić information content (AvgIpc) is 3.33. The molecule has 1 aliphatic rings. The molecule has 4 rings (SSSR count). The SMILES string of the molecule is C=CCN(CC(=O)N1CCc2sccc2C1c1ccc(Cl)cc1)S(=O)(=O)c1ccc(NC(C)=O)cc1. The zero-order valence-corrected chi connectivity index (χ0v) is 22.1. The molecule has 0 spiro atoms. The molecule has 0 bridgehead atoms. The molecule has 10 heteroatoms. The van der Waals surface area contributed by atoms with Gasteiger partial charge in [-0.05, 0) is 65.4 Å². The van der Waals surface area contributed by atoms with Crippen LogP contribution in [0.25, 0.3) is 0 Å². The van der Waals surface area contributed by atoms with Crippen LogP contribution in [0.4, 0.5) is 5.69 Å². The first kappa shape index (κ1) is 26.1. The van der Waals surface area contributed by atoms with Gasteiger partial charge in [0.25, 0.3) is 0 Å². The van der Waals surface area contributed by atoms with Crippen LogP contribution in [-0.4, -0.2) is 49.1 Å². The van der Waals surface area contributed by atoms with Crippen molar-refractivity contribution in [3.63, 3.8) is 0 Å². The summed E-state index contributed by atoms with van der Waals surface area (Å²) in [7, 11) is -3.99. The summed E-state index contributed by atoms with van der Waals surface area (Å²) in [5.74, 6) is -0.554. The van der Waals surface area contributed by atoms with E-state index in [0.29, 0.717) is 23.7 Å². The normalized spacial score (nSPS) is 15.4. The van der Waals surface area contributed by atoms with Crippen LogP contribution >= 0.6 is 22.9 Å². The summed E-state index contributed by atoms with van der Waals surface area (Å²) in [4.78, 5) is 27.9. The molecule has 36 heavy (non-hydrogen) atoms. The van der Waals surface area contributed by atoms with Crippen molar-refractivity contribution in [1.29, 1.82) is 0 Å². The minimum Gasteiger partial charge on any atom is -0.330 e. The molecule has 3 aromatic rings. The lowest BCUT2D eigenvalue weighted by Gasteiger charge is -2.37. The number of benzene rings is 2. The fourth-order valence-corrected chi connectivity index (χ4v) is 6.68. The quantitative estimate of drug-likeness (QED) is 0.417. The highest BCUT2D eigenvalue weighted by Gasteiger charge is 2.35. The third kappa shape index (κ3) is 5.54. The Morgan fingerprint density at radius 3 is 2.50 bits per heavy atom. The van der Waals surface area contributed by atoms with Gasteiger partial charge >= 0.3 is 0 Å². The molecule has 2 amide bonds. The molecule has 188 valence electrons. The highest BCUT2D eigenvalue weighted by atomic mass is 35.5. The lowest BCUT2D eigenvalue weighted by molar-refractivity contribution is -0.133. The van der Waals surface area contributed by atoms with Crippen LogP contribution in [-0.2, 0) is 26.0 Å². The second-order valence-electron chi connectivity index (χ2n) is 8.38. The van der Waals surface area contributed by atoms with Gasteiger partial charge in [0.2, 0.25) is 21.8 Å². The van der Waals surface area contributed by atoms with Crippen LogP contribution in [0.1, 0.15) is 29.0 Å². The highest BCUT2D eigenvalue weighted by molar-refractivity contribution is 7.89. The van der Waals surface area contributed by atoms with Crippen molar-refractivity contribution in [2.45, 2.75) is 24.3 Å². The van der Waals surface area contributed by atoms with E-state index in [4.69, 9.17) is 11.6 Å². The Bertz CT molecular complexity index is 1370. The van der Waals surface area contributed by atoms with E-state index in [9.17, 15) is 18.0 Å². The maximum atomic E-state index is 13.6. The smallest absolute Gasteiger partial charge is 0.243 e. The predicted octanol–water partition coefficient (Wildman–Crippen LogP) is 4.71. The number of fused-ring (bicyclic) bond motifs is 1. The Morgan fingerprint density at radius 1 is 1.17 bits per heavy atom. The van der Waals surface area contributed by atoms with Gasteiger partial charge < -0.3 is 10.2 Å². The molecule has 0 saturated carbocycles. The molecular weight excluding hydrogens is 518 g/mol. The van der Waals surface area contributed by atoms with Crippen molar-refractivity contribution < 1.29 is 18.0 Å². The molecule has 0 saturated heterocycles. The fraction of sp³-hybridized carbons (Fsp3) is 0.231. The van der Waals surface area contributed by atoms with Gasteiger partial charge in [0.15, 0.2) is 0 Å². The summed E-state index contributed by atoms with van der Waals surface area (Å²) in [5.41, 5.74) is 2.45. The van der Waals surface area contributed by atoms with Gasteiger partial charge in [-0.3, -0.25) is 9.59 Å².